The fraction of sp³-hybridized carbons (Fsp3) is 0.0137. The van der Waals surface area contributed by atoms with E-state index in [0.717, 1.165) is 122 Å². The molecule has 0 fully saturated rings. The molecule has 0 saturated carbocycles. The summed E-state index contributed by atoms with van der Waals surface area (Å²) >= 11 is 0. The van der Waals surface area contributed by atoms with Crippen molar-refractivity contribution < 1.29 is 25.8 Å². The van der Waals surface area contributed by atoms with Gasteiger partial charge in [-0.05, 0) is 85.4 Å². The summed E-state index contributed by atoms with van der Waals surface area (Å²) in [5.74, 6) is 1.15. The third-order valence-corrected chi connectivity index (χ3v) is 16.0. The SMILES string of the molecule is Cc1ccc2c3cccc4c5ccc(Oc6[c-]c7c(cc6)-c6ccccc6-c6cccc8c6N7[CH-]N8c6c(-c7ccccc7)cccc6-c6ccccc6)[c-]c5n(c5ncccc5c5ccccc5c2c1-c1ccccc1)c34.[Pt]. The van der Waals surface area contributed by atoms with Crippen LogP contribution in [0.3, 0.4) is 0 Å². The number of fused-ring (bicyclic) bond motifs is 15. The summed E-state index contributed by atoms with van der Waals surface area (Å²) in [4.78, 5) is 9.95. The molecular weight excluding hydrogens is 1140 g/mol. The van der Waals surface area contributed by atoms with E-state index in [4.69, 9.17) is 9.72 Å². The van der Waals surface area contributed by atoms with Gasteiger partial charge in [0.25, 0.3) is 0 Å². The summed E-state index contributed by atoms with van der Waals surface area (Å²) in [6.07, 6.45) is 1.90. The number of pyridine rings is 1. The Balaban J connectivity index is 0.00000541. The number of hydrogen-bond acceptors (Lipinski definition) is 4. The molecule has 11 aromatic carbocycles. The molecule has 2 aliphatic heterocycles. The first kappa shape index (κ1) is 46.7. The van der Waals surface area contributed by atoms with Crippen molar-refractivity contribution in [1.82, 2.24) is 9.38 Å². The Bertz CT molecular complexity index is 4760. The van der Waals surface area contributed by atoms with E-state index in [9.17, 15) is 0 Å². The second-order valence-corrected chi connectivity index (χ2v) is 20.3. The number of nitrogens with zero attached hydrogens (tertiary/aromatic N) is 4. The molecule has 79 heavy (non-hydrogen) atoms. The first-order valence-electron chi connectivity index (χ1n) is 26.5. The Morgan fingerprint density at radius 3 is 1.70 bits per heavy atom. The zero-order chi connectivity index (χ0) is 51.4. The van der Waals surface area contributed by atoms with Gasteiger partial charge in [0.15, 0.2) is 0 Å². The molecule has 0 aliphatic carbocycles. The van der Waals surface area contributed by atoms with Gasteiger partial charge in [0.1, 0.15) is 5.65 Å². The van der Waals surface area contributed by atoms with Crippen molar-refractivity contribution >= 4 is 82.5 Å². The smallest absolute Gasteiger partial charge is 0.143 e. The molecule has 0 N–H and O–H groups in total. The van der Waals surface area contributed by atoms with Crippen LogP contribution in [0.5, 0.6) is 11.5 Å². The number of hydrogen-bond donors (Lipinski definition) is 0. The van der Waals surface area contributed by atoms with Gasteiger partial charge < -0.3 is 18.9 Å². The van der Waals surface area contributed by atoms with Gasteiger partial charge in [0.2, 0.25) is 0 Å². The summed E-state index contributed by atoms with van der Waals surface area (Å²) in [5, 5.41) is 8.98. The normalized spacial score (nSPS) is 12.4. The molecule has 14 aromatic rings. The van der Waals surface area contributed by atoms with Gasteiger partial charge in [0, 0.05) is 88.8 Å². The molecule has 0 spiro atoms. The number of rotatable bonds is 6. The molecule has 0 saturated heterocycles. The summed E-state index contributed by atoms with van der Waals surface area (Å²) in [6, 6.07) is 94.7. The number of benzene rings is 11. The van der Waals surface area contributed by atoms with Crippen LogP contribution in [-0.2, 0) is 21.1 Å². The number of aromatic nitrogens is 2. The van der Waals surface area contributed by atoms with Crippen LogP contribution in [-0.4, -0.2) is 9.38 Å². The minimum absolute atomic E-state index is 0. The average Bonchev–Trinajstić information content (AvgIpc) is 4.12. The summed E-state index contributed by atoms with van der Waals surface area (Å²) in [5.41, 5.74) is 19.7. The van der Waals surface area contributed by atoms with Crippen LogP contribution in [0.1, 0.15) is 5.56 Å². The Kier molecular flexibility index (Phi) is 11.0. The van der Waals surface area contributed by atoms with E-state index < -0.39 is 0 Å². The topological polar surface area (TPSA) is 33.0 Å². The zero-order valence-electron chi connectivity index (χ0n) is 42.8. The van der Waals surface area contributed by atoms with Crippen LogP contribution in [0.4, 0.5) is 22.7 Å². The fourth-order valence-corrected chi connectivity index (χ4v) is 12.7. The van der Waals surface area contributed by atoms with Crippen LogP contribution >= 0.6 is 0 Å². The van der Waals surface area contributed by atoms with Crippen molar-refractivity contribution in [3.05, 3.63) is 273 Å². The molecule has 16 rings (SSSR count). The zero-order valence-corrected chi connectivity index (χ0v) is 45.0. The van der Waals surface area contributed by atoms with Gasteiger partial charge >= 0.3 is 0 Å². The molecule has 376 valence electrons. The van der Waals surface area contributed by atoms with E-state index in [1.165, 1.54) is 22.1 Å². The van der Waals surface area contributed by atoms with E-state index >= 15 is 0 Å². The van der Waals surface area contributed by atoms with Crippen molar-refractivity contribution in [3.63, 3.8) is 0 Å². The number of ether oxygens (including phenoxy) is 1. The van der Waals surface area contributed by atoms with Gasteiger partial charge in [-0.3, -0.25) is 0 Å². The average molecular weight is 1190 g/mol. The van der Waals surface area contributed by atoms with E-state index in [2.05, 4.69) is 264 Å². The van der Waals surface area contributed by atoms with Crippen LogP contribution in [0, 0.1) is 25.7 Å². The third kappa shape index (κ3) is 7.23. The van der Waals surface area contributed by atoms with E-state index in [1.807, 2.05) is 24.4 Å². The second kappa shape index (κ2) is 18.6. The van der Waals surface area contributed by atoms with Crippen molar-refractivity contribution in [2.24, 2.45) is 0 Å². The molecule has 0 bridgehead atoms. The minimum atomic E-state index is 0. The van der Waals surface area contributed by atoms with Crippen molar-refractivity contribution in [2.45, 2.75) is 6.92 Å². The monoisotopic (exact) mass is 1190 g/mol. The Hall–Kier alpha value is -9.54. The largest absolute Gasteiger partial charge is 0.509 e. The molecule has 2 aliphatic rings. The van der Waals surface area contributed by atoms with Gasteiger partial charge in [-0.15, -0.1) is 41.9 Å². The molecule has 0 atom stereocenters. The predicted molar refractivity (Wildman–Crippen MR) is 323 cm³/mol. The Morgan fingerprint density at radius 2 is 0.949 bits per heavy atom. The molecule has 3 aromatic heterocycles. The van der Waals surface area contributed by atoms with E-state index in [0.29, 0.717) is 11.5 Å². The maximum atomic E-state index is 7.05. The van der Waals surface area contributed by atoms with Gasteiger partial charge in [-0.2, -0.15) is 12.1 Å². The maximum Gasteiger partial charge on any atom is 0.143 e. The predicted octanol–water partition coefficient (Wildman–Crippen LogP) is 19.4. The van der Waals surface area contributed by atoms with Crippen molar-refractivity contribution in [1.29, 1.82) is 0 Å². The fourth-order valence-electron chi connectivity index (χ4n) is 12.7. The number of para-hydroxylation sites is 3. The quantitative estimate of drug-likeness (QED) is 0.155. The molecule has 0 amide bonds. The summed E-state index contributed by atoms with van der Waals surface area (Å²) < 4.78 is 9.36. The van der Waals surface area contributed by atoms with Crippen LogP contribution in [0.2, 0.25) is 0 Å². The van der Waals surface area contributed by atoms with Crippen LogP contribution in [0.15, 0.2) is 249 Å². The summed E-state index contributed by atoms with van der Waals surface area (Å²) in [6.45, 7) is 4.48. The number of aryl methyl sites for hydroxylation is 1. The minimum Gasteiger partial charge on any atom is -0.509 e. The van der Waals surface area contributed by atoms with Crippen molar-refractivity contribution in [2.75, 3.05) is 9.80 Å². The van der Waals surface area contributed by atoms with Crippen LogP contribution in [0.25, 0.3) is 115 Å². The maximum absolute atomic E-state index is 7.05. The molecule has 6 heteroatoms. The summed E-state index contributed by atoms with van der Waals surface area (Å²) in [7, 11) is 0. The van der Waals surface area contributed by atoms with E-state index in [-0.39, 0.29) is 21.1 Å². The molecule has 5 heterocycles. The Morgan fingerprint density at radius 1 is 0.405 bits per heavy atom. The first-order chi connectivity index (χ1) is 38.6. The second-order valence-electron chi connectivity index (χ2n) is 20.3. The van der Waals surface area contributed by atoms with Gasteiger partial charge in [-0.1, -0.05) is 217 Å². The van der Waals surface area contributed by atoms with Gasteiger partial charge in [-0.25, -0.2) is 4.98 Å². The Labute approximate surface area is 471 Å². The number of anilines is 4. The molecule has 0 radical (unpaired) electrons. The standard InChI is InChI=1S/C73H45N4O.Pt/c1-46-36-39-60-63-32-16-31-62-58-41-38-51(44-67(58)77(71(62)63)73-64(34-18-42-74-73)56-27-13-14-28-59(56)69(60)68(46)49-23-9-4-10-24-49)78-50-37-40-57-54-25-11-12-26-55(54)61-33-17-35-65-72(61)76(66(57)43-50)45-75(65)70-52(47-19-5-2-6-20-47)29-15-30-53(70)48-21-7-3-8-22-48;/h2-42,45H,1H3;/q-3;. The molecule has 5 nitrogen and oxygen atoms in total. The van der Waals surface area contributed by atoms with E-state index in [1.54, 1.807) is 0 Å². The van der Waals surface area contributed by atoms with Crippen LogP contribution < -0.4 is 14.5 Å². The third-order valence-electron chi connectivity index (χ3n) is 16.0. The van der Waals surface area contributed by atoms with Gasteiger partial charge in [0.05, 0.1) is 0 Å². The molecular formula is C73H45N4OPt-3. The molecule has 0 unspecified atom stereocenters. The van der Waals surface area contributed by atoms with Crippen molar-refractivity contribution in [3.8, 4) is 67.1 Å². The first-order valence-corrected chi connectivity index (χ1v) is 26.5.